The molecule has 0 aliphatic heterocycles. The van der Waals surface area contributed by atoms with Gasteiger partial charge in [0.15, 0.2) is 0 Å². The van der Waals surface area contributed by atoms with E-state index in [0.29, 0.717) is 0 Å². The highest BCUT2D eigenvalue weighted by Crippen LogP contribution is 2.27. The first-order chi connectivity index (χ1) is 4.33. The Balaban J connectivity index is 3.81. The minimum atomic E-state index is -2.87. The summed E-state index contributed by atoms with van der Waals surface area (Å²) in [6, 6.07) is 0. The third-order valence-corrected chi connectivity index (χ3v) is 1.41. The molecule has 0 unspecified atom stereocenters. The van der Waals surface area contributed by atoms with E-state index in [0.717, 1.165) is 0 Å². The van der Waals surface area contributed by atoms with Crippen molar-refractivity contribution in [3.63, 3.8) is 0 Å². The SMILES string of the molecule is CC(C)C(=O)NS(C)(O)O. The Hall–Kier alpha value is -0.260. The van der Waals surface area contributed by atoms with Crippen LogP contribution in [0.5, 0.6) is 0 Å². The number of amides is 1. The Morgan fingerprint density at radius 2 is 1.90 bits per heavy atom. The minimum absolute atomic E-state index is 0.217. The second kappa shape index (κ2) is 3.23. The van der Waals surface area contributed by atoms with Crippen LogP contribution < -0.4 is 4.72 Å². The van der Waals surface area contributed by atoms with E-state index in [1.165, 1.54) is 6.26 Å². The van der Waals surface area contributed by atoms with Crippen molar-refractivity contribution >= 4 is 16.7 Å². The van der Waals surface area contributed by atoms with E-state index in [-0.39, 0.29) is 11.8 Å². The molecular weight excluding hydrogens is 154 g/mol. The normalized spacial score (nSPS) is 13.4. The van der Waals surface area contributed by atoms with E-state index in [9.17, 15) is 4.79 Å². The Labute approximate surface area is 62.1 Å². The summed E-state index contributed by atoms with van der Waals surface area (Å²) in [4.78, 5) is 10.7. The molecule has 0 aromatic rings. The van der Waals surface area contributed by atoms with Crippen molar-refractivity contribution in [2.45, 2.75) is 13.8 Å². The van der Waals surface area contributed by atoms with Crippen molar-refractivity contribution in [1.82, 2.24) is 4.72 Å². The zero-order chi connectivity index (χ0) is 8.36. The predicted octanol–water partition coefficient (Wildman–Crippen LogP) is 1.05. The van der Waals surface area contributed by atoms with Gasteiger partial charge in [0.05, 0.1) is 0 Å². The molecule has 3 N–H and O–H groups in total. The van der Waals surface area contributed by atoms with Gasteiger partial charge in [-0.25, -0.2) is 0 Å². The van der Waals surface area contributed by atoms with Crippen LogP contribution in [0.15, 0.2) is 0 Å². The maximum atomic E-state index is 10.7. The summed E-state index contributed by atoms with van der Waals surface area (Å²) in [6.45, 7) is 3.36. The van der Waals surface area contributed by atoms with Crippen molar-refractivity contribution in [2.75, 3.05) is 6.26 Å². The summed E-state index contributed by atoms with van der Waals surface area (Å²) in [5, 5.41) is 0. The fourth-order valence-electron chi connectivity index (χ4n) is 0.308. The lowest BCUT2D eigenvalue weighted by atomic mass is 10.2. The van der Waals surface area contributed by atoms with Crippen LogP contribution >= 0.6 is 10.8 Å². The first kappa shape index (κ1) is 9.74. The van der Waals surface area contributed by atoms with Gasteiger partial charge in [0.25, 0.3) is 0 Å². The number of carbonyl (C=O) groups is 1. The number of hydrogen-bond acceptors (Lipinski definition) is 3. The van der Waals surface area contributed by atoms with Crippen LogP contribution in [0.3, 0.4) is 0 Å². The van der Waals surface area contributed by atoms with E-state index < -0.39 is 10.8 Å². The van der Waals surface area contributed by atoms with Gasteiger partial charge >= 0.3 is 0 Å². The van der Waals surface area contributed by atoms with Crippen LogP contribution in [-0.4, -0.2) is 21.3 Å². The summed E-state index contributed by atoms with van der Waals surface area (Å²) in [7, 11) is -2.87. The monoisotopic (exact) mass is 167 g/mol. The molecule has 1 amide bonds. The smallest absolute Gasteiger partial charge is 0.240 e. The van der Waals surface area contributed by atoms with Crippen LogP contribution in [0.4, 0.5) is 0 Å². The van der Waals surface area contributed by atoms with Crippen molar-refractivity contribution in [3.05, 3.63) is 0 Å². The Morgan fingerprint density at radius 1 is 1.50 bits per heavy atom. The molecule has 0 aromatic carbocycles. The van der Waals surface area contributed by atoms with E-state index in [4.69, 9.17) is 9.11 Å². The van der Waals surface area contributed by atoms with Crippen molar-refractivity contribution < 1.29 is 13.9 Å². The molecule has 0 heterocycles. The third-order valence-electron chi connectivity index (χ3n) is 0.818. The Bertz CT molecular complexity index is 129. The highest BCUT2D eigenvalue weighted by molar-refractivity contribution is 8.22. The summed E-state index contributed by atoms with van der Waals surface area (Å²) < 4.78 is 19.6. The average molecular weight is 167 g/mol. The van der Waals surface area contributed by atoms with E-state index in [1.54, 1.807) is 13.8 Å². The van der Waals surface area contributed by atoms with Crippen molar-refractivity contribution in [2.24, 2.45) is 5.92 Å². The average Bonchev–Trinajstić information content (AvgIpc) is 1.60. The van der Waals surface area contributed by atoms with Crippen LogP contribution in [0.25, 0.3) is 0 Å². The predicted molar refractivity (Wildman–Crippen MR) is 41.8 cm³/mol. The molecule has 0 rings (SSSR count). The zero-order valence-electron chi connectivity index (χ0n) is 6.29. The number of rotatable bonds is 2. The van der Waals surface area contributed by atoms with Gasteiger partial charge in [0.2, 0.25) is 5.91 Å². The minimum Gasteiger partial charge on any atom is -0.282 e. The molecule has 0 aliphatic carbocycles. The van der Waals surface area contributed by atoms with Crippen LogP contribution in [0, 0.1) is 5.92 Å². The fraction of sp³-hybridized carbons (Fsp3) is 0.800. The highest BCUT2D eigenvalue weighted by atomic mass is 32.3. The molecule has 0 aromatic heterocycles. The van der Waals surface area contributed by atoms with E-state index in [1.807, 2.05) is 0 Å². The second-order valence-electron chi connectivity index (χ2n) is 2.45. The molecule has 10 heavy (non-hydrogen) atoms. The molecule has 0 fully saturated rings. The first-order valence-electron chi connectivity index (χ1n) is 2.88. The van der Waals surface area contributed by atoms with Crippen LogP contribution in [0.1, 0.15) is 13.8 Å². The van der Waals surface area contributed by atoms with Gasteiger partial charge in [0, 0.05) is 12.2 Å². The van der Waals surface area contributed by atoms with Crippen molar-refractivity contribution in [3.8, 4) is 0 Å². The topological polar surface area (TPSA) is 69.6 Å². The molecule has 0 saturated heterocycles. The van der Waals surface area contributed by atoms with Gasteiger partial charge in [0.1, 0.15) is 0 Å². The molecule has 0 bridgehead atoms. The molecule has 4 nitrogen and oxygen atoms in total. The Kier molecular flexibility index (Phi) is 3.14. The van der Waals surface area contributed by atoms with Crippen molar-refractivity contribution in [1.29, 1.82) is 0 Å². The molecule has 0 aliphatic rings. The quantitative estimate of drug-likeness (QED) is 0.575. The van der Waals surface area contributed by atoms with Gasteiger partial charge < -0.3 is 0 Å². The summed E-state index contributed by atoms with van der Waals surface area (Å²) >= 11 is 0. The molecular formula is C5H13NO3S. The van der Waals surface area contributed by atoms with E-state index >= 15 is 0 Å². The molecule has 62 valence electrons. The Morgan fingerprint density at radius 3 is 2.00 bits per heavy atom. The molecule has 0 saturated carbocycles. The standard InChI is InChI=1S/C5H13NO3S/c1-4(2)5(7)6-10(3,8)9/h4,8-9H,1-3H3,(H,6,7). The molecule has 0 spiro atoms. The maximum Gasteiger partial charge on any atom is 0.240 e. The van der Waals surface area contributed by atoms with Gasteiger partial charge in [-0.15, -0.1) is 10.8 Å². The number of hydrogen-bond donors (Lipinski definition) is 3. The number of nitrogens with one attached hydrogen (secondary N) is 1. The van der Waals surface area contributed by atoms with Gasteiger partial charge in [-0.05, 0) is 0 Å². The van der Waals surface area contributed by atoms with Crippen LogP contribution in [-0.2, 0) is 4.79 Å². The fourth-order valence-corrected chi connectivity index (χ4v) is 0.925. The van der Waals surface area contributed by atoms with Crippen LogP contribution in [0.2, 0.25) is 0 Å². The lowest BCUT2D eigenvalue weighted by molar-refractivity contribution is -0.122. The van der Waals surface area contributed by atoms with Gasteiger partial charge in [-0.2, -0.15) is 0 Å². The largest absolute Gasteiger partial charge is 0.282 e. The zero-order valence-corrected chi connectivity index (χ0v) is 7.10. The number of carbonyl (C=O) groups excluding carboxylic acids is 1. The summed E-state index contributed by atoms with van der Waals surface area (Å²) in [5.74, 6) is -0.561. The van der Waals surface area contributed by atoms with E-state index in [2.05, 4.69) is 4.72 Å². The summed E-state index contributed by atoms with van der Waals surface area (Å²) in [5.41, 5.74) is 0. The molecule has 0 atom stereocenters. The first-order valence-corrected chi connectivity index (χ1v) is 4.83. The third kappa shape index (κ3) is 4.60. The second-order valence-corrected chi connectivity index (χ2v) is 4.33. The van der Waals surface area contributed by atoms with Gasteiger partial charge in [-0.1, -0.05) is 13.8 Å². The molecule has 0 radical (unpaired) electrons. The summed E-state index contributed by atoms with van der Waals surface area (Å²) in [6.07, 6.45) is 1.17. The maximum absolute atomic E-state index is 10.7. The van der Waals surface area contributed by atoms with Gasteiger partial charge in [-0.3, -0.25) is 18.6 Å². The molecule has 5 heteroatoms. The highest BCUT2D eigenvalue weighted by Gasteiger charge is 2.11. The lowest BCUT2D eigenvalue weighted by Gasteiger charge is -2.28. The lowest BCUT2D eigenvalue weighted by Crippen LogP contribution is -2.29.